The van der Waals surface area contributed by atoms with Gasteiger partial charge in [0.15, 0.2) is 0 Å². The van der Waals surface area contributed by atoms with E-state index in [-0.39, 0.29) is 11.4 Å². The Morgan fingerprint density at radius 2 is 1.68 bits per heavy atom. The molecule has 28 heavy (non-hydrogen) atoms. The summed E-state index contributed by atoms with van der Waals surface area (Å²) in [5.74, 6) is 1.26. The predicted octanol–water partition coefficient (Wildman–Crippen LogP) is 3.91. The number of hydrogen-bond acceptors (Lipinski definition) is 4. The van der Waals surface area contributed by atoms with Gasteiger partial charge in [0.1, 0.15) is 17.1 Å². The molecule has 0 spiro atoms. The Kier molecular flexibility index (Phi) is 4.85. The molecule has 4 rings (SSSR count). The van der Waals surface area contributed by atoms with E-state index in [0.717, 1.165) is 11.2 Å². The average Bonchev–Trinajstić information content (AvgIpc) is 3.13. The van der Waals surface area contributed by atoms with Crippen molar-refractivity contribution in [1.29, 1.82) is 0 Å². The van der Waals surface area contributed by atoms with E-state index in [1.54, 1.807) is 12.1 Å². The zero-order valence-corrected chi connectivity index (χ0v) is 16.1. The maximum absolute atomic E-state index is 12.6. The van der Waals surface area contributed by atoms with Gasteiger partial charge < -0.3 is 9.14 Å². The fourth-order valence-electron chi connectivity index (χ4n) is 2.85. The summed E-state index contributed by atoms with van der Waals surface area (Å²) >= 11 is 0. The first-order chi connectivity index (χ1) is 13.5. The zero-order valence-electron chi connectivity index (χ0n) is 15.2. The molecule has 0 saturated carbocycles. The molecule has 2 heterocycles. The zero-order chi connectivity index (χ0) is 19.6. The number of benzene rings is 2. The number of sulfonamides is 1. The van der Waals surface area contributed by atoms with Crippen LogP contribution in [-0.4, -0.2) is 17.8 Å². The summed E-state index contributed by atoms with van der Waals surface area (Å²) < 4.78 is 35.3. The van der Waals surface area contributed by atoms with E-state index < -0.39 is 10.0 Å². The van der Waals surface area contributed by atoms with Crippen LogP contribution in [-0.2, 0) is 16.6 Å². The number of nitrogens with zero attached hydrogens (tertiary/aromatic N) is 2. The van der Waals surface area contributed by atoms with Crippen LogP contribution in [0.2, 0.25) is 0 Å². The van der Waals surface area contributed by atoms with E-state index in [1.807, 2.05) is 66.2 Å². The maximum atomic E-state index is 12.6. The van der Waals surface area contributed by atoms with Gasteiger partial charge in [-0.25, -0.2) is 18.1 Å². The van der Waals surface area contributed by atoms with Gasteiger partial charge >= 0.3 is 0 Å². The Hall–Kier alpha value is -3.16. The fraction of sp³-hybridized carbons (Fsp3) is 0.0952. The van der Waals surface area contributed by atoms with Crippen molar-refractivity contribution in [3.05, 3.63) is 90.4 Å². The van der Waals surface area contributed by atoms with Crippen LogP contribution >= 0.6 is 0 Å². The Balaban J connectivity index is 1.46. The molecule has 0 aliphatic rings. The molecule has 4 aromatic rings. The van der Waals surface area contributed by atoms with Crippen LogP contribution in [0.15, 0.2) is 84.0 Å². The van der Waals surface area contributed by atoms with Gasteiger partial charge in [-0.15, -0.1) is 0 Å². The Morgan fingerprint density at radius 1 is 0.964 bits per heavy atom. The number of rotatable bonds is 6. The summed E-state index contributed by atoms with van der Waals surface area (Å²) in [6, 6.07) is 19.5. The molecule has 0 aliphatic heterocycles. The molecule has 0 saturated heterocycles. The average molecular weight is 393 g/mol. The van der Waals surface area contributed by atoms with Gasteiger partial charge in [-0.3, -0.25) is 0 Å². The minimum absolute atomic E-state index is 0.117. The molecular weight excluding hydrogens is 374 g/mol. The van der Waals surface area contributed by atoms with Gasteiger partial charge in [0.25, 0.3) is 0 Å². The summed E-state index contributed by atoms with van der Waals surface area (Å²) in [6.07, 6.45) is 3.71. The van der Waals surface area contributed by atoms with Crippen LogP contribution in [0.25, 0.3) is 5.65 Å². The highest BCUT2D eigenvalue weighted by atomic mass is 32.2. The van der Waals surface area contributed by atoms with E-state index in [1.165, 1.54) is 12.1 Å². The number of imidazole rings is 1. The van der Waals surface area contributed by atoms with Crippen LogP contribution in [0.1, 0.15) is 11.3 Å². The predicted molar refractivity (Wildman–Crippen MR) is 107 cm³/mol. The van der Waals surface area contributed by atoms with Gasteiger partial charge in [0, 0.05) is 12.4 Å². The highest BCUT2D eigenvalue weighted by Gasteiger charge is 2.15. The largest absolute Gasteiger partial charge is 0.457 e. The Bertz CT molecular complexity index is 1200. The Morgan fingerprint density at radius 3 is 2.39 bits per heavy atom. The highest BCUT2D eigenvalue weighted by molar-refractivity contribution is 7.89. The maximum Gasteiger partial charge on any atom is 0.240 e. The monoisotopic (exact) mass is 393 g/mol. The smallest absolute Gasteiger partial charge is 0.240 e. The van der Waals surface area contributed by atoms with Gasteiger partial charge in [0.2, 0.25) is 10.0 Å². The molecule has 2 aromatic heterocycles. The van der Waals surface area contributed by atoms with Gasteiger partial charge in [-0.1, -0.05) is 24.3 Å². The number of para-hydroxylation sites is 1. The van der Waals surface area contributed by atoms with Crippen molar-refractivity contribution >= 4 is 15.7 Å². The molecule has 0 bridgehead atoms. The van der Waals surface area contributed by atoms with E-state index in [4.69, 9.17) is 4.74 Å². The van der Waals surface area contributed by atoms with Crippen molar-refractivity contribution in [2.24, 2.45) is 0 Å². The molecule has 0 unspecified atom stereocenters. The van der Waals surface area contributed by atoms with Gasteiger partial charge in [0.05, 0.1) is 17.1 Å². The highest BCUT2D eigenvalue weighted by Crippen LogP contribution is 2.22. The van der Waals surface area contributed by atoms with E-state index in [0.29, 0.717) is 17.2 Å². The second-order valence-corrected chi connectivity index (χ2v) is 8.13. The van der Waals surface area contributed by atoms with Crippen LogP contribution in [0.5, 0.6) is 11.5 Å². The van der Waals surface area contributed by atoms with Crippen molar-refractivity contribution < 1.29 is 13.2 Å². The molecule has 142 valence electrons. The number of aromatic nitrogens is 2. The van der Waals surface area contributed by atoms with Crippen LogP contribution < -0.4 is 9.46 Å². The third-order valence-corrected chi connectivity index (χ3v) is 5.70. The number of ether oxygens (including phenoxy) is 1. The number of nitrogens with one attached hydrogen (secondary N) is 1. The number of pyridine rings is 1. The minimum Gasteiger partial charge on any atom is -0.457 e. The van der Waals surface area contributed by atoms with Crippen molar-refractivity contribution in [1.82, 2.24) is 14.1 Å². The van der Waals surface area contributed by atoms with Crippen LogP contribution in [0.4, 0.5) is 0 Å². The quantitative estimate of drug-likeness (QED) is 0.539. The van der Waals surface area contributed by atoms with Crippen molar-refractivity contribution in [2.45, 2.75) is 18.4 Å². The summed E-state index contributed by atoms with van der Waals surface area (Å²) in [7, 11) is -3.65. The lowest BCUT2D eigenvalue weighted by atomic mass is 10.3. The normalized spacial score (nSPS) is 11.6. The molecular formula is C21H19N3O3S. The molecule has 6 nitrogen and oxygen atoms in total. The third-order valence-electron chi connectivity index (χ3n) is 4.28. The lowest BCUT2D eigenvalue weighted by Crippen LogP contribution is -2.23. The van der Waals surface area contributed by atoms with Crippen molar-refractivity contribution in [2.75, 3.05) is 0 Å². The fourth-order valence-corrected chi connectivity index (χ4v) is 3.85. The molecule has 2 aromatic carbocycles. The Labute approximate surface area is 163 Å². The van der Waals surface area contributed by atoms with E-state index in [2.05, 4.69) is 9.71 Å². The first-order valence-corrected chi connectivity index (χ1v) is 10.3. The molecule has 0 amide bonds. The number of aryl methyl sites for hydroxylation is 1. The molecule has 0 aliphatic carbocycles. The SMILES string of the molecule is Cc1cccn2cc(CNS(=O)(=O)c3ccc(Oc4ccccc4)cc3)nc12. The summed E-state index contributed by atoms with van der Waals surface area (Å²) in [5, 5.41) is 0. The number of fused-ring (bicyclic) bond motifs is 1. The second-order valence-electron chi connectivity index (χ2n) is 6.37. The molecule has 0 atom stereocenters. The molecule has 0 radical (unpaired) electrons. The summed E-state index contributed by atoms with van der Waals surface area (Å²) in [6.45, 7) is 2.08. The molecule has 7 heteroatoms. The first kappa shape index (κ1) is 18.2. The lowest BCUT2D eigenvalue weighted by Gasteiger charge is -2.08. The summed E-state index contributed by atoms with van der Waals surface area (Å²) in [5.41, 5.74) is 2.51. The third kappa shape index (κ3) is 3.90. The topological polar surface area (TPSA) is 72.7 Å². The minimum atomic E-state index is -3.65. The van der Waals surface area contributed by atoms with Crippen LogP contribution in [0.3, 0.4) is 0 Å². The standard InChI is InChI=1S/C21H19N3O3S/c1-16-6-5-13-24-15-17(23-21(16)24)14-22-28(25,26)20-11-9-19(10-12-20)27-18-7-3-2-4-8-18/h2-13,15,22H,14H2,1H3. The van der Waals surface area contributed by atoms with E-state index >= 15 is 0 Å². The van der Waals surface area contributed by atoms with Crippen molar-refractivity contribution in [3.8, 4) is 11.5 Å². The molecule has 1 N–H and O–H groups in total. The second kappa shape index (κ2) is 7.46. The van der Waals surface area contributed by atoms with Gasteiger partial charge in [-0.05, 0) is 55.0 Å². The van der Waals surface area contributed by atoms with Gasteiger partial charge in [-0.2, -0.15) is 0 Å². The number of hydrogen-bond donors (Lipinski definition) is 1. The van der Waals surface area contributed by atoms with Crippen molar-refractivity contribution in [3.63, 3.8) is 0 Å². The molecule has 0 fully saturated rings. The van der Waals surface area contributed by atoms with Crippen LogP contribution in [0, 0.1) is 6.92 Å². The first-order valence-electron chi connectivity index (χ1n) is 8.77. The summed E-state index contributed by atoms with van der Waals surface area (Å²) in [4.78, 5) is 4.66. The lowest BCUT2D eigenvalue weighted by molar-refractivity contribution is 0.482. The van der Waals surface area contributed by atoms with E-state index in [9.17, 15) is 8.42 Å².